The van der Waals surface area contributed by atoms with E-state index in [2.05, 4.69) is 0 Å². The summed E-state index contributed by atoms with van der Waals surface area (Å²) in [4.78, 5) is 20.7. The zero-order chi connectivity index (χ0) is 6.85. The van der Waals surface area contributed by atoms with Crippen molar-refractivity contribution < 1.29 is 16.1 Å². The molecule has 0 aromatic carbocycles. The van der Waals surface area contributed by atoms with Crippen molar-refractivity contribution in [2.75, 3.05) is 0 Å². The third kappa shape index (κ3) is 1.05. The van der Waals surface area contributed by atoms with E-state index in [0.29, 0.717) is 0 Å². The number of hydrogen-bond donors (Lipinski definition) is 1. The molecule has 1 aliphatic rings. The van der Waals surface area contributed by atoms with E-state index in [1.807, 2.05) is 0 Å². The SMILES string of the molecule is O=C1C=CC(=O)C(O)=C1.[H+]. The van der Waals surface area contributed by atoms with E-state index in [4.69, 9.17) is 5.11 Å². The summed E-state index contributed by atoms with van der Waals surface area (Å²) in [6, 6.07) is 0. The number of rotatable bonds is 0. The van der Waals surface area contributed by atoms with Crippen LogP contribution in [-0.4, -0.2) is 16.7 Å². The maximum absolute atomic E-state index is 10.4. The highest BCUT2D eigenvalue weighted by atomic mass is 16.3. The molecule has 1 N–H and O–H groups in total. The topological polar surface area (TPSA) is 54.4 Å². The average molecular weight is 125 g/mol. The second kappa shape index (κ2) is 1.85. The lowest BCUT2D eigenvalue weighted by Crippen LogP contribution is -2.05. The van der Waals surface area contributed by atoms with Crippen LogP contribution in [0.3, 0.4) is 0 Å². The quantitative estimate of drug-likeness (QED) is 0.472. The maximum Gasteiger partial charge on any atom is 1.00 e. The normalized spacial score (nSPS) is 18.0. The number of ketones is 2. The first-order valence-corrected chi connectivity index (χ1v) is 2.37. The molecule has 0 atom stereocenters. The lowest BCUT2D eigenvalue weighted by Gasteiger charge is -1.95. The minimum atomic E-state index is -0.519. The maximum atomic E-state index is 10.4. The van der Waals surface area contributed by atoms with Gasteiger partial charge in [0.05, 0.1) is 0 Å². The van der Waals surface area contributed by atoms with Gasteiger partial charge in [-0.25, -0.2) is 0 Å². The minimum absolute atomic E-state index is 0. The number of carbonyl (C=O) groups excluding carboxylic acids is 2. The van der Waals surface area contributed by atoms with Gasteiger partial charge in [-0.3, -0.25) is 9.59 Å². The predicted octanol–water partition coefficient (Wildman–Crippen LogP) is 0.249. The van der Waals surface area contributed by atoms with E-state index in [1.165, 1.54) is 0 Å². The largest absolute Gasteiger partial charge is 1.00 e. The first-order valence-electron chi connectivity index (χ1n) is 2.37. The number of hydrogen-bond acceptors (Lipinski definition) is 3. The molecule has 0 fully saturated rings. The third-order valence-corrected chi connectivity index (χ3v) is 0.930. The molecule has 0 unspecified atom stereocenters. The van der Waals surface area contributed by atoms with Gasteiger partial charge in [-0.1, -0.05) is 0 Å². The molecule has 0 radical (unpaired) electrons. The molecule has 0 spiro atoms. The second-order valence-electron chi connectivity index (χ2n) is 1.63. The molecule has 3 heteroatoms. The number of aliphatic hydroxyl groups is 1. The number of allylic oxidation sites excluding steroid dienone is 3. The van der Waals surface area contributed by atoms with Gasteiger partial charge in [0.15, 0.2) is 11.5 Å². The van der Waals surface area contributed by atoms with Crippen LogP contribution in [0.5, 0.6) is 0 Å². The molecule has 1 rings (SSSR count). The Kier molecular flexibility index (Phi) is 1.18. The van der Waals surface area contributed by atoms with E-state index in [1.54, 1.807) is 0 Å². The molecule has 0 aromatic rings. The molecule has 0 aromatic heterocycles. The van der Waals surface area contributed by atoms with Crippen molar-refractivity contribution in [1.82, 2.24) is 0 Å². The van der Waals surface area contributed by atoms with Gasteiger partial charge in [0, 0.05) is 6.08 Å². The minimum Gasteiger partial charge on any atom is -0.504 e. The summed E-state index contributed by atoms with van der Waals surface area (Å²) in [7, 11) is 0. The van der Waals surface area contributed by atoms with Gasteiger partial charge in [-0.2, -0.15) is 0 Å². The molecule has 0 bridgehead atoms. The fraction of sp³-hybridized carbons (Fsp3) is 0. The van der Waals surface area contributed by atoms with E-state index in [0.717, 1.165) is 18.2 Å². The molecule has 46 valence electrons. The van der Waals surface area contributed by atoms with Gasteiger partial charge < -0.3 is 5.11 Å². The van der Waals surface area contributed by atoms with Crippen molar-refractivity contribution in [1.29, 1.82) is 0 Å². The second-order valence-corrected chi connectivity index (χ2v) is 1.63. The van der Waals surface area contributed by atoms with Crippen molar-refractivity contribution >= 4 is 11.6 Å². The van der Waals surface area contributed by atoms with E-state index in [-0.39, 0.29) is 7.21 Å². The molecule has 0 saturated carbocycles. The predicted molar refractivity (Wildman–Crippen MR) is 31.0 cm³/mol. The van der Waals surface area contributed by atoms with E-state index in [9.17, 15) is 9.59 Å². The van der Waals surface area contributed by atoms with Gasteiger partial charge >= 0.3 is 1.43 Å². The van der Waals surface area contributed by atoms with Crippen LogP contribution in [0.1, 0.15) is 1.43 Å². The molecule has 0 amide bonds. The van der Waals surface area contributed by atoms with Gasteiger partial charge in [-0.05, 0) is 12.2 Å². The highest BCUT2D eigenvalue weighted by Gasteiger charge is 2.09. The van der Waals surface area contributed by atoms with E-state index >= 15 is 0 Å². The molecule has 0 saturated heterocycles. The molecule has 1 aliphatic carbocycles. The van der Waals surface area contributed by atoms with Gasteiger partial charge in [-0.15, -0.1) is 0 Å². The van der Waals surface area contributed by atoms with Gasteiger partial charge in [0.25, 0.3) is 0 Å². The van der Waals surface area contributed by atoms with Crippen LogP contribution in [-0.2, 0) is 9.59 Å². The van der Waals surface area contributed by atoms with Crippen molar-refractivity contribution in [3.05, 3.63) is 24.0 Å². The van der Waals surface area contributed by atoms with Crippen LogP contribution < -0.4 is 0 Å². The zero-order valence-corrected chi connectivity index (χ0v) is 4.50. The molecule has 0 aliphatic heterocycles. The lowest BCUT2D eigenvalue weighted by atomic mass is 10.1. The Morgan fingerprint density at radius 3 is 2.44 bits per heavy atom. The Bertz CT molecular complexity index is 227. The lowest BCUT2D eigenvalue weighted by molar-refractivity contribution is -0.116. The van der Waals surface area contributed by atoms with E-state index < -0.39 is 11.5 Å². The van der Waals surface area contributed by atoms with Crippen LogP contribution in [0.2, 0.25) is 0 Å². The molecule has 3 nitrogen and oxygen atoms in total. The standard InChI is InChI=1S/C6H4O3/c7-4-1-2-5(8)6(9)3-4/h1-3,9H/p+1. The fourth-order valence-electron chi connectivity index (χ4n) is 0.497. The van der Waals surface area contributed by atoms with Crippen LogP contribution >= 0.6 is 0 Å². The van der Waals surface area contributed by atoms with Crippen molar-refractivity contribution in [2.24, 2.45) is 0 Å². The zero-order valence-electron chi connectivity index (χ0n) is 5.50. The number of carbonyl (C=O) groups is 2. The summed E-state index contributed by atoms with van der Waals surface area (Å²) in [5.74, 6) is -1.36. The Morgan fingerprint density at radius 1 is 1.33 bits per heavy atom. The number of aliphatic hydroxyl groups excluding tert-OH is 1. The smallest absolute Gasteiger partial charge is 0.504 e. The first-order chi connectivity index (χ1) is 4.20. The summed E-state index contributed by atoms with van der Waals surface area (Å²) < 4.78 is 0. The highest BCUT2D eigenvalue weighted by molar-refractivity contribution is 6.15. The molecule has 9 heavy (non-hydrogen) atoms. The van der Waals surface area contributed by atoms with Crippen molar-refractivity contribution in [3.63, 3.8) is 0 Å². The van der Waals surface area contributed by atoms with Crippen LogP contribution in [0.4, 0.5) is 0 Å². The first kappa shape index (κ1) is 5.75. The average Bonchev–Trinajstić information content (AvgIpc) is 1.80. The molecular weight excluding hydrogens is 120 g/mol. The Balaban J connectivity index is 0.000000810. The Morgan fingerprint density at radius 2 is 2.00 bits per heavy atom. The molecule has 0 heterocycles. The van der Waals surface area contributed by atoms with Gasteiger partial charge in [0.2, 0.25) is 5.78 Å². The summed E-state index contributed by atoms with van der Waals surface area (Å²) in [5, 5.41) is 8.59. The summed E-state index contributed by atoms with van der Waals surface area (Å²) in [6.07, 6.45) is 3.04. The Labute approximate surface area is 52.8 Å². The Hall–Kier alpha value is -1.38. The van der Waals surface area contributed by atoms with Crippen molar-refractivity contribution in [3.8, 4) is 0 Å². The fourth-order valence-corrected chi connectivity index (χ4v) is 0.497. The van der Waals surface area contributed by atoms with Crippen molar-refractivity contribution in [2.45, 2.75) is 0 Å². The summed E-state index contributed by atoms with van der Waals surface area (Å²) in [6.45, 7) is 0. The molecular formula is C6H5O3+. The summed E-state index contributed by atoms with van der Waals surface area (Å²) >= 11 is 0. The van der Waals surface area contributed by atoms with Crippen LogP contribution in [0, 0.1) is 0 Å². The van der Waals surface area contributed by atoms with Gasteiger partial charge in [0.1, 0.15) is 0 Å². The summed E-state index contributed by atoms with van der Waals surface area (Å²) in [5.41, 5.74) is 0. The van der Waals surface area contributed by atoms with Crippen LogP contribution in [0.25, 0.3) is 0 Å². The monoisotopic (exact) mass is 125 g/mol. The highest BCUT2D eigenvalue weighted by Crippen LogP contribution is 1.99. The van der Waals surface area contributed by atoms with Crippen LogP contribution in [0.15, 0.2) is 24.0 Å². The third-order valence-electron chi connectivity index (χ3n) is 0.930.